The number of urea groups is 1. The molecule has 0 bridgehead atoms. The number of amides is 2. The zero-order valence-corrected chi connectivity index (χ0v) is 14.7. The molecule has 0 saturated carbocycles. The molecule has 0 aliphatic carbocycles. The van der Waals surface area contributed by atoms with Crippen LogP contribution in [-0.4, -0.2) is 38.1 Å². The van der Waals surface area contributed by atoms with E-state index in [9.17, 15) is 4.79 Å². The molecule has 0 saturated heterocycles. The second-order valence-corrected chi connectivity index (χ2v) is 5.90. The van der Waals surface area contributed by atoms with E-state index < -0.39 is 0 Å². The van der Waals surface area contributed by atoms with E-state index in [1.807, 2.05) is 32.0 Å². The summed E-state index contributed by atoms with van der Waals surface area (Å²) in [5.74, 6) is 1.32. The summed E-state index contributed by atoms with van der Waals surface area (Å²) < 4.78 is 5.77. The lowest BCUT2D eigenvalue weighted by Crippen LogP contribution is -2.34. The molecule has 2 rings (SSSR count). The molecular formula is C19H22N4O2. The van der Waals surface area contributed by atoms with Crippen molar-refractivity contribution in [3.63, 3.8) is 0 Å². The summed E-state index contributed by atoms with van der Waals surface area (Å²) in [5, 5.41) is 14.4. The Kier molecular flexibility index (Phi) is 6.38. The highest BCUT2D eigenvalue weighted by Gasteiger charge is 2.06. The predicted octanol–water partition coefficient (Wildman–Crippen LogP) is 3.34. The average molecular weight is 338 g/mol. The number of likely N-dealkylation sites (N-methyl/N-ethyl adjacent to an activating group) is 1. The molecule has 0 atom stereocenters. The monoisotopic (exact) mass is 338 g/mol. The highest BCUT2D eigenvalue weighted by molar-refractivity contribution is 5.90. The van der Waals surface area contributed by atoms with Crippen molar-refractivity contribution in [3.8, 4) is 17.6 Å². The molecule has 0 fully saturated rings. The lowest BCUT2D eigenvalue weighted by Gasteiger charge is -2.13. The molecule has 2 aromatic rings. The lowest BCUT2D eigenvalue weighted by molar-refractivity contribution is 0.250. The number of hydrogen-bond acceptors (Lipinski definition) is 4. The van der Waals surface area contributed by atoms with Gasteiger partial charge in [0.25, 0.3) is 0 Å². The van der Waals surface area contributed by atoms with E-state index in [1.165, 1.54) is 0 Å². The summed E-state index contributed by atoms with van der Waals surface area (Å²) in [6.45, 7) is 3.27. The molecule has 0 radical (unpaired) electrons. The molecule has 2 amide bonds. The summed E-state index contributed by atoms with van der Waals surface area (Å²) in [7, 11) is 3.91. The topological polar surface area (TPSA) is 77.4 Å². The minimum atomic E-state index is -0.231. The fraction of sp³-hybridized carbons (Fsp3) is 0.263. The Morgan fingerprint density at radius 3 is 2.44 bits per heavy atom. The number of ether oxygens (including phenoxy) is 1. The molecule has 2 N–H and O–H groups in total. The van der Waals surface area contributed by atoms with E-state index in [-0.39, 0.29) is 6.03 Å². The van der Waals surface area contributed by atoms with Gasteiger partial charge in [0.2, 0.25) is 0 Å². The van der Waals surface area contributed by atoms with Gasteiger partial charge in [-0.2, -0.15) is 5.26 Å². The number of nitriles is 1. The van der Waals surface area contributed by atoms with E-state index in [1.54, 1.807) is 36.4 Å². The normalized spacial score (nSPS) is 10.2. The number of hydrogen-bond donors (Lipinski definition) is 2. The van der Waals surface area contributed by atoms with Crippen molar-refractivity contribution in [1.82, 2.24) is 10.2 Å². The van der Waals surface area contributed by atoms with Crippen LogP contribution in [0.15, 0.2) is 42.5 Å². The molecule has 0 heterocycles. The van der Waals surface area contributed by atoms with Crippen LogP contribution in [0.2, 0.25) is 0 Å². The fourth-order valence-electron chi connectivity index (χ4n) is 2.13. The Hall–Kier alpha value is -3.04. The predicted molar refractivity (Wildman–Crippen MR) is 98.0 cm³/mol. The minimum Gasteiger partial charge on any atom is -0.457 e. The van der Waals surface area contributed by atoms with E-state index >= 15 is 0 Å². The first-order chi connectivity index (χ1) is 12.0. The van der Waals surface area contributed by atoms with E-state index in [4.69, 9.17) is 10.00 Å². The number of rotatable bonds is 6. The third kappa shape index (κ3) is 5.83. The zero-order chi connectivity index (χ0) is 18.2. The number of anilines is 1. The van der Waals surface area contributed by atoms with E-state index in [2.05, 4.69) is 16.7 Å². The van der Waals surface area contributed by atoms with Crippen LogP contribution < -0.4 is 15.4 Å². The standard InChI is InChI=1S/C19H22N4O2/c1-14-12-17(25-16-6-4-15(13-20)5-7-16)8-9-18(14)22-19(24)21-10-11-23(2)3/h4-9,12H,10-11H2,1-3H3,(H2,21,22,24). The van der Waals surface area contributed by atoms with E-state index in [0.717, 1.165) is 17.8 Å². The van der Waals surface area contributed by atoms with Gasteiger partial charge in [-0.3, -0.25) is 0 Å². The van der Waals surface area contributed by atoms with Gasteiger partial charge in [0.15, 0.2) is 0 Å². The molecule has 6 nitrogen and oxygen atoms in total. The maximum atomic E-state index is 11.9. The molecule has 0 spiro atoms. The van der Waals surface area contributed by atoms with Gasteiger partial charge < -0.3 is 20.3 Å². The highest BCUT2D eigenvalue weighted by Crippen LogP contribution is 2.26. The van der Waals surface area contributed by atoms with Gasteiger partial charge in [0.1, 0.15) is 11.5 Å². The van der Waals surface area contributed by atoms with Gasteiger partial charge in [-0.05, 0) is 69.0 Å². The summed E-state index contributed by atoms with van der Waals surface area (Å²) >= 11 is 0. The minimum absolute atomic E-state index is 0.231. The molecule has 2 aromatic carbocycles. The van der Waals surface area contributed by atoms with Crippen LogP contribution in [0.5, 0.6) is 11.5 Å². The molecule has 6 heteroatoms. The number of carbonyl (C=O) groups excluding carboxylic acids is 1. The van der Waals surface area contributed by atoms with Crippen LogP contribution in [-0.2, 0) is 0 Å². The van der Waals surface area contributed by atoms with Crippen molar-refractivity contribution in [3.05, 3.63) is 53.6 Å². The number of nitrogens with one attached hydrogen (secondary N) is 2. The quantitative estimate of drug-likeness (QED) is 0.847. The molecule has 130 valence electrons. The van der Waals surface area contributed by atoms with Crippen molar-refractivity contribution in [1.29, 1.82) is 5.26 Å². The van der Waals surface area contributed by atoms with Crippen molar-refractivity contribution >= 4 is 11.7 Å². The summed E-state index contributed by atoms with van der Waals surface area (Å²) in [5.41, 5.74) is 2.21. The van der Waals surface area contributed by atoms with Gasteiger partial charge >= 0.3 is 6.03 Å². The first-order valence-corrected chi connectivity index (χ1v) is 7.96. The summed E-state index contributed by atoms with van der Waals surface area (Å²) in [6.07, 6.45) is 0. The van der Waals surface area contributed by atoms with Crippen molar-refractivity contribution in [2.45, 2.75) is 6.92 Å². The second kappa shape index (κ2) is 8.71. The molecule has 25 heavy (non-hydrogen) atoms. The number of nitrogens with zero attached hydrogens (tertiary/aromatic N) is 2. The number of benzene rings is 2. The Morgan fingerprint density at radius 2 is 1.84 bits per heavy atom. The number of carbonyl (C=O) groups is 1. The van der Waals surface area contributed by atoms with Crippen molar-refractivity contribution in [2.75, 3.05) is 32.5 Å². The first kappa shape index (κ1) is 18.3. The second-order valence-electron chi connectivity index (χ2n) is 5.90. The fourth-order valence-corrected chi connectivity index (χ4v) is 2.13. The Bertz CT molecular complexity index is 764. The van der Waals surface area contributed by atoms with E-state index in [0.29, 0.717) is 23.6 Å². The molecule has 0 aliphatic heterocycles. The summed E-state index contributed by atoms with van der Waals surface area (Å²) in [6, 6.07) is 14.2. The number of aryl methyl sites for hydroxylation is 1. The molecule has 0 unspecified atom stereocenters. The zero-order valence-electron chi connectivity index (χ0n) is 14.7. The average Bonchev–Trinajstić information content (AvgIpc) is 2.58. The maximum Gasteiger partial charge on any atom is 0.319 e. The Balaban J connectivity index is 1.95. The van der Waals surface area contributed by atoms with Crippen LogP contribution in [0.3, 0.4) is 0 Å². The molecular weight excluding hydrogens is 316 g/mol. The van der Waals surface area contributed by atoms with Crippen LogP contribution in [0.4, 0.5) is 10.5 Å². The Morgan fingerprint density at radius 1 is 1.16 bits per heavy atom. The maximum absolute atomic E-state index is 11.9. The SMILES string of the molecule is Cc1cc(Oc2ccc(C#N)cc2)ccc1NC(=O)NCCN(C)C. The van der Waals surface area contributed by atoms with Gasteiger partial charge in [-0.15, -0.1) is 0 Å². The first-order valence-electron chi connectivity index (χ1n) is 7.96. The van der Waals surface area contributed by atoms with Gasteiger partial charge in [0, 0.05) is 18.8 Å². The molecule has 0 aromatic heterocycles. The largest absolute Gasteiger partial charge is 0.457 e. The van der Waals surface area contributed by atoms with Crippen molar-refractivity contribution < 1.29 is 9.53 Å². The van der Waals surface area contributed by atoms with Gasteiger partial charge in [-0.1, -0.05) is 0 Å². The van der Waals surface area contributed by atoms with Gasteiger partial charge in [0.05, 0.1) is 11.6 Å². The van der Waals surface area contributed by atoms with Crippen LogP contribution in [0, 0.1) is 18.3 Å². The highest BCUT2D eigenvalue weighted by atomic mass is 16.5. The third-order valence-electron chi connectivity index (χ3n) is 3.51. The lowest BCUT2D eigenvalue weighted by atomic mass is 10.2. The van der Waals surface area contributed by atoms with Crippen LogP contribution >= 0.6 is 0 Å². The third-order valence-corrected chi connectivity index (χ3v) is 3.51. The summed E-state index contributed by atoms with van der Waals surface area (Å²) in [4.78, 5) is 13.9. The van der Waals surface area contributed by atoms with Crippen LogP contribution in [0.1, 0.15) is 11.1 Å². The van der Waals surface area contributed by atoms with Crippen molar-refractivity contribution in [2.24, 2.45) is 0 Å². The van der Waals surface area contributed by atoms with Crippen LogP contribution in [0.25, 0.3) is 0 Å². The molecule has 0 aliphatic rings. The Labute approximate surface area is 148 Å². The smallest absolute Gasteiger partial charge is 0.319 e. The van der Waals surface area contributed by atoms with Gasteiger partial charge in [-0.25, -0.2) is 4.79 Å².